The lowest BCUT2D eigenvalue weighted by Crippen LogP contribution is -2.18. The van der Waals surface area contributed by atoms with Gasteiger partial charge in [0.1, 0.15) is 0 Å². The molecule has 0 bridgehead atoms. The Hall–Kier alpha value is -2.54. The van der Waals surface area contributed by atoms with E-state index >= 15 is 0 Å². The van der Waals surface area contributed by atoms with Crippen molar-refractivity contribution in [2.75, 3.05) is 19.0 Å². The van der Waals surface area contributed by atoms with Gasteiger partial charge in [-0.2, -0.15) is 5.10 Å². The fourth-order valence-electron chi connectivity index (χ4n) is 2.54. The SMILES string of the molecule is COC(=O)c1cc(Cl)cc(C)c1NC(=O)c1cc2n(n1)CCCO2. The van der Waals surface area contributed by atoms with Gasteiger partial charge in [-0.25, -0.2) is 9.48 Å². The number of aromatic nitrogens is 2. The van der Waals surface area contributed by atoms with Crippen LogP contribution in [0.25, 0.3) is 0 Å². The van der Waals surface area contributed by atoms with Gasteiger partial charge in [-0.15, -0.1) is 0 Å². The van der Waals surface area contributed by atoms with E-state index in [4.69, 9.17) is 21.1 Å². The molecule has 0 saturated carbocycles. The number of esters is 1. The van der Waals surface area contributed by atoms with E-state index < -0.39 is 11.9 Å². The third-order valence-electron chi connectivity index (χ3n) is 3.68. The van der Waals surface area contributed by atoms with Crippen molar-refractivity contribution in [2.45, 2.75) is 19.9 Å². The molecular formula is C16H16ClN3O4. The number of amides is 1. The van der Waals surface area contributed by atoms with Gasteiger partial charge in [0.2, 0.25) is 5.88 Å². The van der Waals surface area contributed by atoms with Crippen LogP contribution in [0, 0.1) is 6.92 Å². The van der Waals surface area contributed by atoms with Crippen LogP contribution in [0.2, 0.25) is 5.02 Å². The van der Waals surface area contributed by atoms with Crippen molar-refractivity contribution in [3.05, 3.63) is 40.0 Å². The highest BCUT2D eigenvalue weighted by atomic mass is 35.5. The Kier molecular flexibility index (Phi) is 4.44. The van der Waals surface area contributed by atoms with Gasteiger partial charge in [0.25, 0.3) is 5.91 Å². The second kappa shape index (κ2) is 6.52. The molecule has 1 aromatic carbocycles. The molecule has 7 nitrogen and oxygen atoms in total. The maximum atomic E-state index is 12.5. The molecule has 2 aromatic rings. The lowest BCUT2D eigenvalue weighted by atomic mass is 10.1. The minimum Gasteiger partial charge on any atom is -0.478 e. The number of hydrogen-bond donors (Lipinski definition) is 1. The molecule has 1 aliphatic rings. The minimum absolute atomic E-state index is 0.191. The molecule has 0 atom stereocenters. The van der Waals surface area contributed by atoms with E-state index in [9.17, 15) is 9.59 Å². The van der Waals surface area contributed by atoms with Gasteiger partial charge in [-0.3, -0.25) is 4.79 Å². The van der Waals surface area contributed by atoms with Gasteiger partial charge < -0.3 is 14.8 Å². The van der Waals surface area contributed by atoms with Crippen molar-refractivity contribution in [2.24, 2.45) is 0 Å². The van der Waals surface area contributed by atoms with E-state index in [0.29, 0.717) is 35.3 Å². The Bertz CT molecular complexity index is 792. The van der Waals surface area contributed by atoms with Gasteiger partial charge in [0, 0.05) is 24.1 Å². The molecule has 126 valence electrons. The van der Waals surface area contributed by atoms with Crippen LogP contribution >= 0.6 is 11.6 Å². The molecule has 1 aromatic heterocycles. The molecule has 1 amide bonds. The van der Waals surface area contributed by atoms with Crippen LogP contribution in [0.1, 0.15) is 32.8 Å². The summed E-state index contributed by atoms with van der Waals surface area (Å²) in [5.41, 5.74) is 1.41. The monoisotopic (exact) mass is 349 g/mol. The Labute approximate surface area is 143 Å². The molecule has 0 unspecified atom stereocenters. The molecule has 0 fully saturated rings. The van der Waals surface area contributed by atoms with Gasteiger partial charge >= 0.3 is 5.97 Å². The van der Waals surface area contributed by atoms with Crippen LogP contribution in [-0.4, -0.2) is 35.4 Å². The zero-order valence-electron chi connectivity index (χ0n) is 13.3. The number of aryl methyl sites for hydroxylation is 2. The first kappa shape index (κ1) is 16.3. The van der Waals surface area contributed by atoms with Crippen LogP contribution in [0.3, 0.4) is 0 Å². The zero-order valence-corrected chi connectivity index (χ0v) is 14.0. The summed E-state index contributed by atoms with van der Waals surface area (Å²) in [5.74, 6) is -0.452. The second-order valence-corrected chi connectivity index (χ2v) is 5.82. The smallest absolute Gasteiger partial charge is 0.340 e. The summed E-state index contributed by atoms with van der Waals surface area (Å²) in [6.07, 6.45) is 0.846. The maximum absolute atomic E-state index is 12.5. The minimum atomic E-state index is -0.580. The van der Waals surface area contributed by atoms with E-state index in [1.807, 2.05) is 0 Å². The lowest BCUT2D eigenvalue weighted by molar-refractivity contribution is 0.0602. The van der Waals surface area contributed by atoms with Gasteiger partial charge in [0.15, 0.2) is 5.69 Å². The molecule has 0 saturated heterocycles. The maximum Gasteiger partial charge on any atom is 0.340 e. The molecular weight excluding hydrogens is 334 g/mol. The van der Waals surface area contributed by atoms with Crippen LogP contribution in [0.5, 0.6) is 5.88 Å². The largest absolute Gasteiger partial charge is 0.478 e. The van der Waals surface area contributed by atoms with Crippen molar-refractivity contribution >= 4 is 29.2 Å². The number of methoxy groups -OCH3 is 1. The number of carbonyl (C=O) groups excluding carboxylic acids is 2. The number of fused-ring (bicyclic) bond motifs is 1. The molecule has 0 radical (unpaired) electrons. The molecule has 0 aliphatic carbocycles. The number of benzene rings is 1. The lowest BCUT2D eigenvalue weighted by Gasteiger charge is -2.13. The summed E-state index contributed by atoms with van der Waals surface area (Å²) in [6.45, 7) is 3.06. The number of ether oxygens (including phenoxy) is 2. The van der Waals surface area contributed by atoms with E-state index in [0.717, 1.165) is 6.42 Å². The van der Waals surface area contributed by atoms with Crippen molar-refractivity contribution < 1.29 is 19.1 Å². The quantitative estimate of drug-likeness (QED) is 0.861. The first-order chi connectivity index (χ1) is 11.5. The van der Waals surface area contributed by atoms with Gasteiger partial charge in [-0.05, 0) is 24.6 Å². The van der Waals surface area contributed by atoms with Gasteiger partial charge in [-0.1, -0.05) is 11.6 Å². The third-order valence-corrected chi connectivity index (χ3v) is 3.90. The Morgan fingerprint density at radius 1 is 1.38 bits per heavy atom. The first-order valence-corrected chi connectivity index (χ1v) is 7.78. The number of halogens is 1. The topological polar surface area (TPSA) is 82.5 Å². The normalized spacial score (nSPS) is 13.0. The number of rotatable bonds is 3. The van der Waals surface area contributed by atoms with E-state index in [2.05, 4.69) is 10.4 Å². The van der Waals surface area contributed by atoms with Crippen LogP contribution in [-0.2, 0) is 11.3 Å². The number of nitrogens with one attached hydrogen (secondary N) is 1. The molecule has 3 rings (SSSR count). The molecule has 0 spiro atoms. The Morgan fingerprint density at radius 2 is 2.17 bits per heavy atom. The summed E-state index contributed by atoms with van der Waals surface area (Å²) in [5, 5.41) is 7.33. The number of hydrogen-bond acceptors (Lipinski definition) is 5. The van der Waals surface area contributed by atoms with E-state index in [-0.39, 0.29) is 11.3 Å². The van der Waals surface area contributed by atoms with Crippen molar-refractivity contribution in [1.82, 2.24) is 9.78 Å². The third kappa shape index (κ3) is 3.07. The second-order valence-electron chi connectivity index (χ2n) is 5.38. The van der Waals surface area contributed by atoms with Crippen LogP contribution in [0.15, 0.2) is 18.2 Å². The molecule has 8 heteroatoms. The Morgan fingerprint density at radius 3 is 2.88 bits per heavy atom. The first-order valence-electron chi connectivity index (χ1n) is 7.40. The highest BCUT2D eigenvalue weighted by Crippen LogP contribution is 2.27. The molecule has 2 heterocycles. The summed E-state index contributed by atoms with van der Waals surface area (Å²) >= 11 is 5.99. The number of anilines is 1. The zero-order chi connectivity index (χ0) is 17.3. The summed E-state index contributed by atoms with van der Waals surface area (Å²) in [4.78, 5) is 24.4. The van der Waals surface area contributed by atoms with E-state index in [1.54, 1.807) is 23.7 Å². The highest BCUT2D eigenvalue weighted by molar-refractivity contribution is 6.31. The number of carbonyl (C=O) groups is 2. The molecule has 1 N–H and O–H groups in total. The fraction of sp³-hybridized carbons (Fsp3) is 0.312. The van der Waals surface area contributed by atoms with Crippen LogP contribution in [0.4, 0.5) is 5.69 Å². The van der Waals surface area contributed by atoms with Crippen molar-refractivity contribution in [3.8, 4) is 5.88 Å². The molecule has 24 heavy (non-hydrogen) atoms. The van der Waals surface area contributed by atoms with Gasteiger partial charge in [0.05, 0.1) is 25.0 Å². The van der Waals surface area contributed by atoms with Crippen molar-refractivity contribution in [1.29, 1.82) is 0 Å². The van der Waals surface area contributed by atoms with E-state index in [1.165, 1.54) is 13.2 Å². The average Bonchev–Trinajstić information content (AvgIpc) is 3.00. The molecule has 1 aliphatic heterocycles. The van der Waals surface area contributed by atoms with Crippen LogP contribution < -0.4 is 10.1 Å². The number of nitrogens with zero attached hydrogens (tertiary/aromatic N) is 2. The standard InChI is InChI=1S/C16H16ClN3O4/c1-9-6-10(17)7-11(16(22)23-2)14(9)18-15(21)12-8-13-20(19-12)4-3-5-24-13/h6-8H,3-5H2,1-2H3,(H,18,21). The average molecular weight is 350 g/mol. The summed E-state index contributed by atoms with van der Waals surface area (Å²) in [7, 11) is 1.27. The summed E-state index contributed by atoms with van der Waals surface area (Å²) < 4.78 is 11.9. The van der Waals surface area contributed by atoms with Crippen molar-refractivity contribution in [3.63, 3.8) is 0 Å². The Balaban J connectivity index is 1.91. The predicted molar refractivity (Wildman–Crippen MR) is 87.8 cm³/mol. The predicted octanol–water partition coefficient (Wildman–Crippen LogP) is 2.67. The fourth-order valence-corrected chi connectivity index (χ4v) is 2.81. The summed E-state index contributed by atoms with van der Waals surface area (Å²) in [6, 6.07) is 4.69. The highest BCUT2D eigenvalue weighted by Gasteiger charge is 2.21.